The van der Waals surface area contributed by atoms with Gasteiger partial charge >= 0.3 is 0 Å². The van der Waals surface area contributed by atoms with E-state index in [2.05, 4.69) is 5.32 Å². The second-order valence-electron chi connectivity index (χ2n) is 3.58. The maximum Gasteiger partial charge on any atom is 0.242 e. The van der Waals surface area contributed by atoms with Crippen molar-refractivity contribution in [2.24, 2.45) is 0 Å². The van der Waals surface area contributed by atoms with Crippen molar-refractivity contribution in [1.29, 1.82) is 0 Å². The van der Waals surface area contributed by atoms with Gasteiger partial charge in [0.05, 0.1) is 13.2 Å². The summed E-state index contributed by atoms with van der Waals surface area (Å²) < 4.78 is 5.28. The molecule has 0 fully saturated rings. The summed E-state index contributed by atoms with van der Waals surface area (Å²) in [5, 5.41) is 2.23. The number of fused-ring (bicyclic) bond motifs is 1. The van der Waals surface area contributed by atoms with Crippen molar-refractivity contribution in [3.05, 3.63) is 29.3 Å². The minimum absolute atomic E-state index is 0.185. The Morgan fingerprint density at radius 1 is 1.47 bits per heavy atom. The summed E-state index contributed by atoms with van der Waals surface area (Å²) in [6.07, 6.45) is 0. The van der Waals surface area contributed by atoms with E-state index in [9.17, 15) is 4.79 Å². The lowest BCUT2D eigenvalue weighted by atomic mass is 10.1. The average molecular weight is 226 g/mol. The Bertz CT molecular complexity index is 390. The number of hydrogen-bond acceptors (Lipinski definition) is 2. The van der Waals surface area contributed by atoms with Gasteiger partial charge in [-0.15, -0.1) is 11.6 Å². The second kappa shape index (κ2) is 4.21. The molecule has 1 amide bonds. The van der Waals surface area contributed by atoms with E-state index in [1.807, 2.05) is 18.2 Å². The summed E-state index contributed by atoms with van der Waals surface area (Å²) >= 11 is 5.66. The number of halogens is 1. The fourth-order valence-corrected chi connectivity index (χ4v) is 1.55. The SMILES string of the molecule is CC(Cl)C(=O)Nc1ccc2c(c1)COC2. The first-order valence-corrected chi connectivity index (χ1v) is 5.25. The quantitative estimate of drug-likeness (QED) is 0.785. The molecule has 3 nitrogen and oxygen atoms in total. The van der Waals surface area contributed by atoms with Crippen LogP contribution >= 0.6 is 11.6 Å². The molecule has 1 aliphatic rings. The van der Waals surface area contributed by atoms with Crippen LogP contribution in [0.3, 0.4) is 0 Å². The van der Waals surface area contributed by atoms with E-state index in [1.54, 1.807) is 6.92 Å². The van der Waals surface area contributed by atoms with Crippen molar-refractivity contribution in [2.75, 3.05) is 5.32 Å². The van der Waals surface area contributed by atoms with Gasteiger partial charge < -0.3 is 10.1 Å². The topological polar surface area (TPSA) is 38.3 Å². The first kappa shape index (κ1) is 10.5. The fourth-order valence-electron chi connectivity index (χ4n) is 1.49. The predicted molar refractivity (Wildman–Crippen MR) is 58.9 cm³/mol. The maximum atomic E-state index is 11.3. The molecule has 0 radical (unpaired) electrons. The van der Waals surface area contributed by atoms with Crippen LogP contribution < -0.4 is 5.32 Å². The smallest absolute Gasteiger partial charge is 0.242 e. The van der Waals surface area contributed by atoms with Crippen LogP contribution in [-0.4, -0.2) is 11.3 Å². The van der Waals surface area contributed by atoms with Gasteiger partial charge in [0.2, 0.25) is 5.91 Å². The molecule has 1 N–H and O–H groups in total. The summed E-state index contributed by atoms with van der Waals surface area (Å²) in [6.45, 7) is 2.93. The minimum Gasteiger partial charge on any atom is -0.372 e. The number of anilines is 1. The van der Waals surface area contributed by atoms with E-state index in [-0.39, 0.29) is 5.91 Å². The molecule has 1 unspecified atom stereocenters. The Balaban J connectivity index is 2.13. The number of amides is 1. The van der Waals surface area contributed by atoms with Gasteiger partial charge in [-0.25, -0.2) is 0 Å². The van der Waals surface area contributed by atoms with Gasteiger partial charge in [-0.1, -0.05) is 6.07 Å². The number of carbonyl (C=O) groups is 1. The van der Waals surface area contributed by atoms with Crippen LogP contribution in [0.5, 0.6) is 0 Å². The fraction of sp³-hybridized carbons (Fsp3) is 0.364. The van der Waals surface area contributed by atoms with Crippen LogP contribution in [0, 0.1) is 0 Å². The molecule has 15 heavy (non-hydrogen) atoms. The van der Waals surface area contributed by atoms with Gasteiger partial charge in [-0.2, -0.15) is 0 Å². The van der Waals surface area contributed by atoms with Gasteiger partial charge in [0.25, 0.3) is 0 Å². The highest BCUT2D eigenvalue weighted by atomic mass is 35.5. The number of benzene rings is 1. The zero-order chi connectivity index (χ0) is 10.8. The number of hydrogen-bond donors (Lipinski definition) is 1. The lowest BCUT2D eigenvalue weighted by Gasteiger charge is -2.07. The van der Waals surface area contributed by atoms with E-state index >= 15 is 0 Å². The van der Waals surface area contributed by atoms with Gasteiger partial charge in [0.15, 0.2) is 0 Å². The molecule has 0 saturated heterocycles. The van der Waals surface area contributed by atoms with Crippen LogP contribution in [0.15, 0.2) is 18.2 Å². The molecule has 0 saturated carbocycles. The number of rotatable bonds is 2. The molecule has 0 bridgehead atoms. The molecule has 0 aromatic heterocycles. The molecule has 1 atom stereocenters. The highest BCUT2D eigenvalue weighted by Crippen LogP contribution is 2.23. The van der Waals surface area contributed by atoms with E-state index in [0.717, 1.165) is 11.3 Å². The van der Waals surface area contributed by atoms with Gasteiger partial charge in [-0.05, 0) is 30.2 Å². The van der Waals surface area contributed by atoms with Gasteiger partial charge in [0.1, 0.15) is 5.38 Å². The van der Waals surface area contributed by atoms with Crippen LogP contribution in [-0.2, 0) is 22.7 Å². The number of ether oxygens (including phenoxy) is 1. The Hall–Kier alpha value is -1.06. The Labute approximate surface area is 93.4 Å². The molecule has 1 aromatic rings. The monoisotopic (exact) mass is 225 g/mol. The molecule has 1 aliphatic heterocycles. The van der Waals surface area contributed by atoms with E-state index in [4.69, 9.17) is 16.3 Å². The molecular weight excluding hydrogens is 214 g/mol. The van der Waals surface area contributed by atoms with Crippen molar-refractivity contribution >= 4 is 23.2 Å². The third-order valence-corrected chi connectivity index (χ3v) is 2.55. The second-order valence-corrected chi connectivity index (χ2v) is 4.24. The van der Waals surface area contributed by atoms with E-state index < -0.39 is 5.38 Å². The zero-order valence-electron chi connectivity index (χ0n) is 8.42. The molecule has 4 heteroatoms. The summed E-state index contributed by atoms with van der Waals surface area (Å²) in [7, 11) is 0. The van der Waals surface area contributed by atoms with Crippen molar-refractivity contribution in [3.8, 4) is 0 Å². The molecule has 1 heterocycles. The summed E-state index contributed by atoms with van der Waals surface area (Å²) in [6, 6.07) is 5.76. The van der Waals surface area contributed by atoms with Crippen LogP contribution in [0.25, 0.3) is 0 Å². The highest BCUT2D eigenvalue weighted by Gasteiger charge is 2.13. The molecule has 2 rings (SSSR count). The lowest BCUT2D eigenvalue weighted by Crippen LogP contribution is -2.20. The number of carbonyl (C=O) groups excluding carboxylic acids is 1. The van der Waals surface area contributed by atoms with Crippen molar-refractivity contribution in [2.45, 2.75) is 25.5 Å². The standard InChI is InChI=1S/C11H12ClNO2/c1-7(12)11(14)13-10-3-2-8-5-15-6-9(8)4-10/h2-4,7H,5-6H2,1H3,(H,13,14). The average Bonchev–Trinajstić information content (AvgIpc) is 2.64. The van der Waals surface area contributed by atoms with Crippen LogP contribution in [0.2, 0.25) is 0 Å². The number of nitrogens with one attached hydrogen (secondary N) is 1. The molecule has 0 aliphatic carbocycles. The Morgan fingerprint density at radius 3 is 2.93 bits per heavy atom. The van der Waals surface area contributed by atoms with Crippen molar-refractivity contribution in [1.82, 2.24) is 0 Å². The van der Waals surface area contributed by atoms with Gasteiger partial charge in [0, 0.05) is 5.69 Å². The third-order valence-electron chi connectivity index (χ3n) is 2.35. The largest absolute Gasteiger partial charge is 0.372 e. The first-order chi connectivity index (χ1) is 7.16. The van der Waals surface area contributed by atoms with Gasteiger partial charge in [-0.3, -0.25) is 4.79 Å². The highest BCUT2D eigenvalue weighted by molar-refractivity contribution is 6.32. The molecule has 1 aromatic carbocycles. The maximum absolute atomic E-state index is 11.3. The van der Waals surface area contributed by atoms with E-state index in [0.29, 0.717) is 13.2 Å². The molecular formula is C11H12ClNO2. The summed E-state index contributed by atoms with van der Waals surface area (Å²) in [5.41, 5.74) is 3.10. The third kappa shape index (κ3) is 2.30. The Kier molecular flexibility index (Phi) is 2.93. The first-order valence-electron chi connectivity index (χ1n) is 4.81. The van der Waals surface area contributed by atoms with Crippen LogP contribution in [0.1, 0.15) is 18.1 Å². The normalized spacial score (nSPS) is 15.9. The lowest BCUT2D eigenvalue weighted by molar-refractivity contribution is -0.115. The molecule has 80 valence electrons. The zero-order valence-corrected chi connectivity index (χ0v) is 9.17. The molecule has 0 spiro atoms. The predicted octanol–water partition coefficient (Wildman–Crippen LogP) is 2.28. The van der Waals surface area contributed by atoms with E-state index in [1.165, 1.54) is 5.56 Å². The minimum atomic E-state index is -0.519. The Morgan fingerprint density at radius 2 is 2.20 bits per heavy atom. The summed E-state index contributed by atoms with van der Waals surface area (Å²) in [5.74, 6) is -0.185. The van der Waals surface area contributed by atoms with Crippen molar-refractivity contribution in [3.63, 3.8) is 0 Å². The van der Waals surface area contributed by atoms with Crippen LogP contribution in [0.4, 0.5) is 5.69 Å². The van der Waals surface area contributed by atoms with Crippen molar-refractivity contribution < 1.29 is 9.53 Å². The number of alkyl halides is 1. The summed E-state index contributed by atoms with van der Waals surface area (Å²) in [4.78, 5) is 11.3.